The van der Waals surface area contributed by atoms with Crippen LogP contribution in [0.5, 0.6) is 11.5 Å². The first-order chi connectivity index (χ1) is 14.1. The Balaban J connectivity index is 1.54. The van der Waals surface area contributed by atoms with Crippen molar-refractivity contribution in [3.63, 3.8) is 0 Å². The van der Waals surface area contributed by atoms with Gasteiger partial charge in [-0.1, -0.05) is 11.6 Å². The largest absolute Gasteiger partial charge is 0.497 e. The number of hydrogen-bond donors (Lipinski definition) is 1. The van der Waals surface area contributed by atoms with Gasteiger partial charge in [-0.25, -0.2) is 4.79 Å². The molecule has 5 rings (SSSR count). The van der Waals surface area contributed by atoms with Crippen LogP contribution in [-0.4, -0.2) is 13.8 Å². The van der Waals surface area contributed by atoms with Crippen molar-refractivity contribution in [2.24, 2.45) is 0 Å². The number of nitrogens with one attached hydrogen (secondary N) is 1. The molecule has 1 unspecified atom stereocenters. The zero-order chi connectivity index (χ0) is 20.0. The second-order valence-corrected chi connectivity index (χ2v) is 8.24. The molecule has 0 bridgehead atoms. The quantitative estimate of drug-likeness (QED) is 0.671. The SMILES string of the molecule is COc1ccc(C[NH+]2COc3c(Cl)cc4c5c(c(=O)oc4c3C2)CCCC5)cc1. The van der Waals surface area contributed by atoms with Gasteiger partial charge in [0.2, 0.25) is 6.73 Å². The summed E-state index contributed by atoms with van der Waals surface area (Å²) in [7, 11) is 1.66. The van der Waals surface area contributed by atoms with E-state index in [2.05, 4.69) is 12.1 Å². The third-order valence-electron chi connectivity index (χ3n) is 5.98. The van der Waals surface area contributed by atoms with E-state index in [9.17, 15) is 4.79 Å². The van der Waals surface area contributed by atoms with E-state index in [1.54, 1.807) is 7.11 Å². The van der Waals surface area contributed by atoms with Gasteiger partial charge in [-0.3, -0.25) is 4.90 Å². The number of methoxy groups -OCH3 is 1. The minimum Gasteiger partial charge on any atom is -0.497 e. The second kappa shape index (κ2) is 7.39. The van der Waals surface area contributed by atoms with Crippen molar-refractivity contribution in [3.05, 3.63) is 68.0 Å². The fourth-order valence-electron chi connectivity index (χ4n) is 4.53. The van der Waals surface area contributed by atoms with Gasteiger partial charge < -0.3 is 13.9 Å². The Morgan fingerprint density at radius 1 is 1.10 bits per heavy atom. The summed E-state index contributed by atoms with van der Waals surface area (Å²) in [5.74, 6) is 1.49. The number of halogens is 1. The van der Waals surface area contributed by atoms with Crippen molar-refractivity contribution >= 4 is 22.6 Å². The minimum atomic E-state index is -0.209. The van der Waals surface area contributed by atoms with Crippen molar-refractivity contribution in [1.29, 1.82) is 0 Å². The van der Waals surface area contributed by atoms with E-state index in [1.165, 1.54) is 10.5 Å². The number of hydrogen-bond acceptors (Lipinski definition) is 4. The van der Waals surface area contributed by atoms with Crippen LogP contribution in [0.3, 0.4) is 0 Å². The lowest BCUT2D eigenvalue weighted by Gasteiger charge is -2.28. The molecule has 0 fully saturated rings. The standard InChI is InChI=1S/C23H22ClNO4/c1-27-15-8-6-14(7-9-15)11-25-12-19-21-18(10-20(24)22(19)28-13-25)16-4-2-3-5-17(16)23(26)29-21/h6-10H,2-5,11-13H2,1H3/p+1. The maximum absolute atomic E-state index is 12.6. The van der Waals surface area contributed by atoms with Gasteiger partial charge in [-0.15, -0.1) is 0 Å². The first-order valence-corrected chi connectivity index (χ1v) is 10.4. The van der Waals surface area contributed by atoms with Crippen LogP contribution in [0.4, 0.5) is 0 Å². The van der Waals surface area contributed by atoms with E-state index < -0.39 is 0 Å². The van der Waals surface area contributed by atoms with Crippen LogP contribution in [0, 0.1) is 0 Å². The third kappa shape index (κ3) is 3.28. The molecule has 1 N–H and O–H groups in total. The number of aryl methyl sites for hydroxylation is 1. The Morgan fingerprint density at radius 2 is 1.86 bits per heavy atom. The summed E-state index contributed by atoms with van der Waals surface area (Å²) in [5, 5.41) is 1.56. The summed E-state index contributed by atoms with van der Waals surface area (Å²) in [6, 6.07) is 9.97. The highest BCUT2D eigenvalue weighted by atomic mass is 35.5. The van der Waals surface area contributed by atoms with Crippen molar-refractivity contribution in [1.82, 2.24) is 0 Å². The molecule has 1 aliphatic carbocycles. The molecule has 1 aliphatic heterocycles. The van der Waals surface area contributed by atoms with Gasteiger partial charge >= 0.3 is 5.63 Å². The summed E-state index contributed by atoms with van der Waals surface area (Å²) >= 11 is 6.58. The van der Waals surface area contributed by atoms with Crippen LogP contribution in [-0.2, 0) is 25.9 Å². The Hall–Kier alpha value is -2.50. The van der Waals surface area contributed by atoms with Crippen molar-refractivity contribution in [2.45, 2.75) is 38.8 Å². The summed E-state index contributed by atoms with van der Waals surface area (Å²) in [6.07, 6.45) is 3.81. The molecule has 0 amide bonds. The normalized spacial score (nSPS) is 18.1. The fourth-order valence-corrected chi connectivity index (χ4v) is 4.81. The Morgan fingerprint density at radius 3 is 2.62 bits per heavy atom. The van der Waals surface area contributed by atoms with Gasteiger partial charge in [0.1, 0.15) is 18.8 Å². The predicted octanol–water partition coefficient (Wildman–Crippen LogP) is 3.27. The van der Waals surface area contributed by atoms with E-state index in [1.807, 2.05) is 18.2 Å². The molecule has 150 valence electrons. The molecule has 2 aromatic carbocycles. The van der Waals surface area contributed by atoms with E-state index >= 15 is 0 Å². The fraction of sp³-hybridized carbons (Fsp3) is 0.348. The van der Waals surface area contributed by atoms with Crippen LogP contribution in [0.2, 0.25) is 5.02 Å². The van der Waals surface area contributed by atoms with Crippen molar-refractivity contribution in [2.75, 3.05) is 13.8 Å². The highest BCUT2D eigenvalue weighted by molar-refractivity contribution is 6.33. The molecule has 29 heavy (non-hydrogen) atoms. The molecule has 0 spiro atoms. The minimum absolute atomic E-state index is 0.209. The number of fused-ring (bicyclic) bond motifs is 5. The highest BCUT2D eigenvalue weighted by Gasteiger charge is 2.29. The number of rotatable bonds is 3. The van der Waals surface area contributed by atoms with Gasteiger partial charge in [0.25, 0.3) is 0 Å². The first kappa shape index (κ1) is 18.5. The summed E-state index contributed by atoms with van der Waals surface area (Å²) in [6.45, 7) is 2.01. The van der Waals surface area contributed by atoms with Crippen LogP contribution < -0.4 is 20.0 Å². The average molecular weight is 413 g/mol. The zero-order valence-corrected chi connectivity index (χ0v) is 17.1. The molecule has 0 saturated heterocycles. The number of benzene rings is 2. The lowest BCUT2D eigenvalue weighted by Crippen LogP contribution is -3.10. The zero-order valence-electron chi connectivity index (χ0n) is 16.3. The Labute approximate surface area is 173 Å². The van der Waals surface area contributed by atoms with Gasteiger partial charge in [0.05, 0.1) is 17.7 Å². The maximum atomic E-state index is 12.6. The smallest absolute Gasteiger partial charge is 0.339 e. The Kier molecular flexibility index (Phi) is 4.72. The molecule has 0 radical (unpaired) electrons. The molecule has 6 heteroatoms. The van der Waals surface area contributed by atoms with Crippen LogP contribution in [0.25, 0.3) is 11.0 Å². The van der Waals surface area contributed by atoms with Gasteiger partial charge in [0, 0.05) is 16.5 Å². The van der Waals surface area contributed by atoms with Gasteiger partial charge in [-0.05, 0) is 61.6 Å². The lowest BCUT2D eigenvalue weighted by atomic mass is 9.90. The van der Waals surface area contributed by atoms with Crippen molar-refractivity contribution in [3.8, 4) is 11.5 Å². The van der Waals surface area contributed by atoms with E-state index in [0.29, 0.717) is 29.6 Å². The molecular weight excluding hydrogens is 390 g/mol. The number of quaternary nitrogens is 1. The molecule has 2 aliphatic rings. The van der Waals surface area contributed by atoms with Crippen LogP contribution >= 0.6 is 11.6 Å². The molecule has 1 atom stereocenters. The molecule has 0 saturated carbocycles. The average Bonchev–Trinajstić information content (AvgIpc) is 2.75. The maximum Gasteiger partial charge on any atom is 0.339 e. The van der Waals surface area contributed by atoms with Crippen LogP contribution in [0.1, 0.15) is 35.1 Å². The second-order valence-electron chi connectivity index (χ2n) is 7.84. The van der Waals surface area contributed by atoms with Crippen LogP contribution in [0.15, 0.2) is 39.5 Å². The highest BCUT2D eigenvalue weighted by Crippen LogP contribution is 2.38. The monoisotopic (exact) mass is 412 g/mol. The Bertz CT molecular complexity index is 1140. The predicted molar refractivity (Wildman–Crippen MR) is 111 cm³/mol. The molecular formula is C23H23ClNO4+. The number of ether oxygens (including phenoxy) is 2. The summed E-state index contributed by atoms with van der Waals surface area (Å²) in [5.41, 5.74) is 4.44. The van der Waals surface area contributed by atoms with E-state index in [-0.39, 0.29) is 5.63 Å². The summed E-state index contributed by atoms with van der Waals surface area (Å²) < 4.78 is 17.1. The topological polar surface area (TPSA) is 53.1 Å². The molecule has 3 aromatic rings. The van der Waals surface area contributed by atoms with Gasteiger partial charge in [-0.2, -0.15) is 0 Å². The first-order valence-electron chi connectivity index (χ1n) is 10.0. The summed E-state index contributed by atoms with van der Waals surface area (Å²) in [4.78, 5) is 13.9. The third-order valence-corrected chi connectivity index (χ3v) is 6.26. The van der Waals surface area contributed by atoms with E-state index in [0.717, 1.165) is 60.1 Å². The van der Waals surface area contributed by atoms with E-state index in [4.69, 9.17) is 25.5 Å². The molecule has 5 nitrogen and oxygen atoms in total. The van der Waals surface area contributed by atoms with Crippen molar-refractivity contribution < 1.29 is 18.8 Å². The van der Waals surface area contributed by atoms with Gasteiger partial charge in [0.15, 0.2) is 11.3 Å². The lowest BCUT2D eigenvalue weighted by molar-refractivity contribution is -0.945. The molecule has 1 aromatic heterocycles. The molecule has 2 heterocycles.